The van der Waals surface area contributed by atoms with Gasteiger partial charge in [0.25, 0.3) is 0 Å². The van der Waals surface area contributed by atoms with Crippen LogP contribution in [0.4, 0.5) is 10.1 Å². The highest BCUT2D eigenvalue weighted by Gasteiger charge is 2.21. The van der Waals surface area contributed by atoms with Gasteiger partial charge in [0.1, 0.15) is 5.82 Å². The number of nitro groups is 1. The Morgan fingerprint density at radius 3 is 2.83 bits per heavy atom. The van der Waals surface area contributed by atoms with Gasteiger partial charge in [-0.3, -0.25) is 10.1 Å². The molecular formula is C12H13FN2O3. The number of rotatable bonds is 3. The second-order valence-corrected chi connectivity index (χ2v) is 3.94. The summed E-state index contributed by atoms with van der Waals surface area (Å²) in [7, 11) is 1.33. The number of halogens is 1. The molecule has 0 radical (unpaired) electrons. The maximum absolute atomic E-state index is 13.9. The fraction of sp³-hybridized carbons (Fsp3) is 0.333. The van der Waals surface area contributed by atoms with E-state index in [1.807, 2.05) is 6.08 Å². The van der Waals surface area contributed by atoms with Crippen LogP contribution in [-0.4, -0.2) is 25.1 Å². The average Bonchev–Trinajstić information content (AvgIpc) is 2.39. The van der Waals surface area contributed by atoms with Crippen molar-refractivity contribution in [2.24, 2.45) is 0 Å². The van der Waals surface area contributed by atoms with E-state index in [0.29, 0.717) is 18.5 Å². The molecule has 0 saturated heterocycles. The van der Waals surface area contributed by atoms with Gasteiger partial charge in [-0.05, 0) is 24.6 Å². The predicted octanol–water partition coefficient (Wildman–Crippen LogP) is 2.12. The number of ether oxygens (including phenoxy) is 1. The van der Waals surface area contributed by atoms with Crippen LogP contribution in [-0.2, 0) is 0 Å². The summed E-state index contributed by atoms with van der Waals surface area (Å²) in [5.41, 5.74) is 0.867. The number of nitrogens with zero attached hydrogens (tertiary/aromatic N) is 1. The number of benzene rings is 1. The Kier molecular flexibility index (Phi) is 3.57. The lowest BCUT2D eigenvalue weighted by Crippen LogP contribution is -2.20. The second kappa shape index (κ2) is 5.14. The highest BCUT2D eigenvalue weighted by atomic mass is 19.1. The van der Waals surface area contributed by atoms with Crippen molar-refractivity contribution in [3.63, 3.8) is 0 Å². The van der Waals surface area contributed by atoms with Gasteiger partial charge in [-0.25, -0.2) is 4.39 Å². The zero-order valence-corrected chi connectivity index (χ0v) is 9.90. The van der Waals surface area contributed by atoms with Crippen LogP contribution in [0, 0.1) is 15.9 Å². The number of nitro benzene ring substituents is 1. The summed E-state index contributed by atoms with van der Waals surface area (Å²) < 4.78 is 18.8. The van der Waals surface area contributed by atoms with E-state index >= 15 is 0 Å². The van der Waals surface area contributed by atoms with Crippen LogP contribution in [0.3, 0.4) is 0 Å². The van der Waals surface area contributed by atoms with Crippen molar-refractivity contribution in [2.45, 2.75) is 6.42 Å². The van der Waals surface area contributed by atoms with Crippen molar-refractivity contribution >= 4 is 11.3 Å². The van der Waals surface area contributed by atoms with Crippen molar-refractivity contribution in [1.82, 2.24) is 5.32 Å². The molecule has 1 aromatic rings. The number of hydrogen-bond acceptors (Lipinski definition) is 4. The lowest BCUT2D eigenvalue weighted by atomic mass is 9.99. The Bertz CT molecular complexity index is 514. The summed E-state index contributed by atoms with van der Waals surface area (Å²) in [6.45, 7) is 1.44. The summed E-state index contributed by atoms with van der Waals surface area (Å²) >= 11 is 0. The lowest BCUT2D eigenvalue weighted by molar-refractivity contribution is -0.385. The molecule has 0 aromatic heterocycles. The molecule has 0 aliphatic carbocycles. The zero-order chi connectivity index (χ0) is 13.1. The summed E-state index contributed by atoms with van der Waals surface area (Å²) in [6, 6.07) is 2.31. The van der Waals surface area contributed by atoms with Gasteiger partial charge < -0.3 is 10.1 Å². The molecule has 0 amide bonds. The molecule has 5 nitrogen and oxygen atoms in total. The molecule has 0 saturated carbocycles. The first-order chi connectivity index (χ1) is 8.63. The number of hydrogen-bond donors (Lipinski definition) is 1. The van der Waals surface area contributed by atoms with Gasteiger partial charge in [0, 0.05) is 12.1 Å². The molecule has 1 aromatic carbocycles. The molecule has 0 atom stereocenters. The van der Waals surface area contributed by atoms with Crippen LogP contribution in [0.1, 0.15) is 12.0 Å². The van der Waals surface area contributed by atoms with Crippen LogP contribution in [0.5, 0.6) is 5.75 Å². The van der Waals surface area contributed by atoms with Gasteiger partial charge in [0.05, 0.1) is 18.1 Å². The molecule has 0 unspecified atom stereocenters. The Hall–Kier alpha value is -1.95. The van der Waals surface area contributed by atoms with Gasteiger partial charge in [-0.1, -0.05) is 6.08 Å². The molecule has 96 valence electrons. The van der Waals surface area contributed by atoms with Crippen LogP contribution >= 0.6 is 0 Å². The molecule has 1 N–H and O–H groups in total. The minimum atomic E-state index is -0.650. The third-order valence-electron chi connectivity index (χ3n) is 2.88. The van der Waals surface area contributed by atoms with Gasteiger partial charge in [-0.2, -0.15) is 0 Å². The van der Waals surface area contributed by atoms with Crippen LogP contribution in [0.15, 0.2) is 18.2 Å². The van der Waals surface area contributed by atoms with E-state index in [4.69, 9.17) is 4.74 Å². The number of methoxy groups -OCH3 is 1. The van der Waals surface area contributed by atoms with Gasteiger partial charge in [0.15, 0.2) is 5.75 Å². The number of nitrogens with one attached hydrogen (secondary N) is 1. The highest BCUT2D eigenvalue weighted by Crippen LogP contribution is 2.33. The molecule has 18 heavy (non-hydrogen) atoms. The average molecular weight is 252 g/mol. The second-order valence-electron chi connectivity index (χ2n) is 3.94. The first kappa shape index (κ1) is 12.5. The predicted molar refractivity (Wildman–Crippen MR) is 65.1 cm³/mol. The minimum Gasteiger partial charge on any atom is -0.490 e. The van der Waals surface area contributed by atoms with E-state index in [2.05, 4.69) is 5.32 Å². The third kappa shape index (κ3) is 2.33. The monoisotopic (exact) mass is 252 g/mol. The molecule has 1 heterocycles. The molecule has 6 heteroatoms. The molecule has 1 aliphatic rings. The van der Waals surface area contributed by atoms with Crippen molar-refractivity contribution in [3.8, 4) is 5.75 Å². The quantitative estimate of drug-likeness (QED) is 0.661. The van der Waals surface area contributed by atoms with E-state index < -0.39 is 10.7 Å². The van der Waals surface area contributed by atoms with Gasteiger partial charge in [0.2, 0.25) is 0 Å². The molecule has 2 rings (SSSR count). The smallest absolute Gasteiger partial charge is 0.313 e. The van der Waals surface area contributed by atoms with Crippen LogP contribution in [0.2, 0.25) is 0 Å². The maximum Gasteiger partial charge on any atom is 0.313 e. The first-order valence-corrected chi connectivity index (χ1v) is 5.55. The van der Waals surface area contributed by atoms with Gasteiger partial charge in [-0.15, -0.1) is 0 Å². The Labute approximate surface area is 103 Å². The largest absolute Gasteiger partial charge is 0.490 e. The van der Waals surface area contributed by atoms with E-state index in [1.165, 1.54) is 13.2 Å². The molecular weight excluding hydrogens is 239 g/mol. The van der Waals surface area contributed by atoms with E-state index in [-0.39, 0.29) is 11.4 Å². The summed E-state index contributed by atoms with van der Waals surface area (Å²) in [6.07, 6.45) is 2.57. The zero-order valence-electron chi connectivity index (χ0n) is 9.90. The van der Waals surface area contributed by atoms with E-state index in [9.17, 15) is 14.5 Å². The van der Waals surface area contributed by atoms with Crippen LogP contribution in [0.25, 0.3) is 5.57 Å². The fourth-order valence-electron chi connectivity index (χ4n) is 1.96. The SMILES string of the molecule is COc1cc(C2=CCNCC2)c(F)cc1[N+](=O)[O-]. The summed E-state index contributed by atoms with van der Waals surface area (Å²) in [5.74, 6) is -0.508. The molecule has 0 bridgehead atoms. The molecule has 0 spiro atoms. The standard InChI is InChI=1S/C12H13FN2O3/c1-18-12-6-9(8-2-4-14-5-3-8)10(13)7-11(12)15(16)17/h2,6-7,14H,3-5H2,1H3. The maximum atomic E-state index is 13.9. The Balaban J connectivity index is 2.49. The molecule has 1 aliphatic heterocycles. The van der Waals surface area contributed by atoms with E-state index in [0.717, 1.165) is 18.2 Å². The summed E-state index contributed by atoms with van der Waals surface area (Å²) in [4.78, 5) is 10.1. The van der Waals surface area contributed by atoms with Gasteiger partial charge >= 0.3 is 5.69 Å². The Morgan fingerprint density at radius 2 is 2.28 bits per heavy atom. The Morgan fingerprint density at radius 1 is 1.50 bits per heavy atom. The normalized spacial score (nSPS) is 15.1. The van der Waals surface area contributed by atoms with Crippen molar-refractivity contribution < 1.29 is 14.1 Å². The topological polar surface area (TPSA) is 64.4 Å². The summed E-state index contributed by atoms with van der Waals surface area (Å²) in [5, 5.41) is 13.9. The van der Waals surface area contributed by atoms with Crippen LogP contribution < -0.4 is 10.1 Å². The van der Waals surface area contributed by atoms with E-state index in [1.54, 1.807) is 0 Å². The highest BCUT2D eigenvalue weighted by molar-refractivity contribution is 5.70. The van der Waals surface area contributed by atoms with Crippen molar-refractivity contribution in [1.29, 1.82) is 0 Å². The third-order valence-corrected chi connectivity index (χ3v) is 2.88. The minimum absolute atomic E-state index is 0.0795. The van der Waals surface area contributed by atoms with Crippen molar-refractivity contribution in [3.05, 3.63) is 39.7 Å². The fourth-order valence-corrected chi connectivity index (χ4v) is 1.96. The molecule has 0 fully saturated rings. The first-order valence-electron chi connectivity index (χ1n) is 5.55. The van der Waals surface area contributed by atoms with Crippen molar-refractivity contribution in [2.75, 3.05) is 20.2 Å². The lowest BCUT2D eigenvalue weighted by Gasteiger charge is -2.15.